The summed E-state index contributed by atoms with van der Waals surface area (Å²) in [5, 5.41) is 2.63. The van der Waals surface area contributed by atoms with Gasteiger partial charge >= 0.3 is 0 Å². The van der Waals surface area contributed by atoms with Crippen LogP contribution in [-0.2, 0) is 37.5 Å². The van der Waals surface area contributed by atoms with Crippen molar-refractivity contribution in [2.24, 2.45) is 0 Å². The third kappa shape index (κ3) is 21.8. The number of fused-ring (bicyclic) bond motifs is 9. The number of aryl methyl sites for hydroxylation is 13. The minimum absolute atomic E-state index is 0.0896. The molecule has 0 saturated carbocycles. The van der Waals surface area contributed by atoms with Crippen molar-refractivity contribution in [1.82, 2.24) is 4.57 Å². The van der Waals surface area contributed by atoms with Gasteiger partial charge in [-0.05, 0) is 370 Å². The van der Waals surface area contributed by atoms with E-state index in [0.717, 1.165) is 44.5 Å². The molecule has 0 aliphatic carbocycles. The zero-order valence-corrected chi connectivity index (χ0v) is 83.0. The fourth-order valence-electron chi connectivity index (χ4n) is 20.0. The van der Waals surface area contributed by atoms with Gasteiger partial charge < -0.3 is 33.8 Å². The average Bonchev–Trinajstić information content (AvgIpc) is 1.56. The Bertz CT molecular complexity index is 6070. The van der Waals surface area contributed by atoms with Crippen molar-refractivity contribution in [2.75, 3.05) is 31.1 Å². The second-order valence-electron chi connectivity index (χ2n) is 38.3. The van der Waals surface area contributed by atoms with E-state index in [1.165, 1.54) is 318 Å². The summed E-state index contributed by atoms with van der Waals surface area (Å²) in [5.74, 6) is 0.947. The Morgan fingerprint density at radius 1 is 0.211 bits per heavy atom. The number of nitrogens with zero attached hydrogens (tertiary/aromatic N) is 6. The number of anilines is 15. The maximum Gasteiger partial charge on any atom is 0.119 e. The molecule has 14 aromatic carbocycles. The summed E-state index contributed by atoms with van der Waals surface area (Å²) in [4.78, 5) is 12.3. The van der Waals surface area contributed by atoms with E-state index in [4.69, 9.17) is 4.74 Å². The van der Waals surface area contributed by atoms with Gasteiger partial charge in [-0.15, -0.1) is 0 Å². The highest BCUT2D eigenvalue weighted by Gasteiger charge is 2.43. The number of unbranched alkanes of at least 4 members (excludes halogenated alkanes) is 9. The molecule has 0 saturated heterocycles. The highest BCUT2D eigenvalue weighted by Crippen LogP contribution is 2.59. The van der Waals surface area contributed by atoms with Gasteiger partial charge in [0.1, 0.15) is 5.75 Å². The first-order valence-electron chi connectivity index (χ1n) is 50.7. The van der Waals surface area contributed by atoms with Crippen molar-refractivity contribution in [2.45, 2.75) is 270 Å². The molecule has 18 rings (SSSR count). The first-order valence-corrected chi connectivity index (χ1v) is 50.7. The quantitative estimate of drug-likeness (QED) is 0.0391. The van der Waals surface area contributed by atoms with E-state index in [2.05, 4.69) is 431 Å². The molecule has 686 valence electrons. The summed E-state index contributed by atoms with van der Waals surface area (Å²) in [7, 11) is 0. The molecule has 0 unspecified atom stereocenters. The number of hydrogen-bond acceptors (Lipinski definition) is 6. The minimum Gasteiger partial charge on any atom is -0.494 e. The van der Waals surface area contributed by atoms with E-state index in [1.807, 2.05) is 0 Å². The summed E-state index contributed by atoms with van der Waals surface area (Å²) < 4.78 is 8.23. The van der Waals surface area contributed by atoms with Gasteiger partial charge in [0.2, 0.25) is 0 Å². The molecule has 1 aromatic heterocycles. The molecule has 0 fully saturated rings. The summed E-state index contributed by atoms with van der Waals surface area (Å²) in [5.41, 5.74) is 42.9. The summed E-state index contributed by atoms with van der Waals surface area (Å²) in [6.07, 6.45) is 29.1. The Hall–Kier alpha value is -12.3. The van der Waals surface area contributed by atoms with E-state index >= 15 is 0 Å². The average molecular weight is 1760 g/mol. The van der Waals surface area contributed by atoms with Gasteiger partial charge in [0.05, 0.1) is 74.5 Å². The molecule has 0 radical (unpaired) electrons. The Labute approximate surface area is 798 Å². The maximum absolute atomic E-state index is 5.88. The van der Waals surface area contributed by atoms with E-state index in [9.17, 15) is 0 Å². The summed E-state index contributed by atoms with van der Waals surface area (Å²) in [6.45, 7) is 36.5. The van der Waals surface area contributed by atoms with Crippen LogP contribution in [0.25, 0.3) is 27.5 Å². The van der Waals surface area contributed by atoms with Gasteiger partial charge in [0.25, 0.3) is 0 Å². The van der Waals surface area contributed by atoms with Crippen LogP contribution < -0.4 is 29.2 Å². The third-order valence-electron chi connectivity index (χ3n) is 27.4. The number of ether oxygens (including phenoxy) is 1. The van der Waals surface area contributed by atoms with Crippen molar-refractivity contribution in [1.29, 1.82) is 0 Å². The van der Waals surface area contributed by atoms with Crippen LogP contribution in [0.2, 0.25) is 0 Å². The molecule has 0 spiro atoms. The predicted molar refractivity (Wildman–Crippen MR) is 576 cm³/mol. The molecule has 133 heavy (non-hydrogen) atoms. The van der Waals surface area contributed by atoms with Crippen molar-refractivity contribution >= 4 is 107 Å². The molecule has 7 nitrogen and oxygen atoms in total. The van der Waals surface area contributed by atoms with Crippen LogP contribution in [0.4, 0.5) is 85.3 Å². The van der Waals surface area contributed by atoms with Crippen LogP contribution in [0.1, 0.15) is 261 Å². The van der Waals surface area contributed by atoms with Crippen LogP contribution in [0.15, 0.2) is 291 Å². The molecular formula is C126H146N6O. The van der Waals surface area contributed by atoms with Crippen molar-refractivity contribution in [3.05, 3.63) is 375 Å². The van der Waals surface area contributed by atoms with Gasteiger partial charge in [0.15, 0.2) is 0 Å². The lowest BCUT2D eigenvalue weighted by Crippen LogP contribution is -2.36. The molecule has 15 aromatic rings. The number of hydrogen-bond donors (Lipinski definition) is 0. The lowest BCUT2D eigenvalue weighted by Gasteiger charge is -2.46. The smallest absolute Gasteiger partial charge is 0.119 e. The molecule has 3 aliphatic rings. The minimum atomic E-state index is 0.0896. The largest absolute Gasteiger partial charge is 0.494 e. The van der Waals surface area contributed by atoms with Crippen molar-refractivity contribution < 1.29 is 4.74 Å². The molecule has 0 atom stereocenters. The van der Waals surface area contributed by atoms with Crippen LogP contribution in [0.5, 0.6) is 5.75 Å². The third-order valence-corrected chi connectivity index (χ3v) is 27.4. The highest BCUT2D eigenvalue weighted by atomic mass is 16.5. The predicted octanol–water partition coefficient (Wildman–Crippen LogP) is 37.5. The molecule has 0 N–H and O–H groups in total. The van der Waals surface area contributed by atoms with Crippen LogP contribution >= 0.6 is 0 Å². The normalized spacial score (nSPS) is 12.6. The van der Waals surface area contributed by atoms with Gasteiger partial charge in [-0.25, -0.2) is 0 Å². The lowest BCUT2D eigenvalue weighted by atomic mass is 9.64. The molecule has 0 bridgehead atoms. The van der Waals surface area contributed by atoms with Crippen LogP contribution in [-0.4, -0.2) is 11.2 Å². The first kappa shape index (κ1) is 95.3. The fraction of sp³-hybridized carbons (Fsp3) is 0.333. The highest BCUT2D eigenvalue weighted by molar-refractivity contribution is 6.10. The molecule has 4 heterocycles. The molecule has 3 aliphatic heterocycles. The maximum atomic E-state index is 5.88. The zero-order valence-electron chi connectivity index (χ0n) is 83.0. The Morgan fingerprint density at radius 2 is 0.451 bits per heavy atom. The van der Waals surface area contributed by atoms with Gasteiger partial charge in [-0.3, -0.25) is 0 Å². The zero-order chi connectivity index (χ0) is 93.1. The van der Waals surface area contributed by atoms with Crippen LogP contribution in [0, 0.1) is 55.4 Å². The monoisotopic (exact) mass is 1760 g/mol. The Balaban J connectivity index is 0.000000136. The van der Waals surface area contributed by atoms with Gasteiger partial charge in [0, 0.05) is 50.3 Å². The van der Waals surface area contributed by atoms with Crippen molar-refractivity contribution in [3.63, 3.8) is 0 Å². The number of aromatic nitrogens is 1. The Morgan fingerprint density at radius 3 is 0.744 bits per heavy atom. The summed E-state index contributed by atoms with van der Waals surface area (Å²) in [6, 6.07) is 110. The second kappa shape index (κ2) is 44.9. The molecule has 7 heteroatoms. The molecule has 0 amide bonds. The molecular weight excluding hydrogens is 1610 g/mol. The van der Waals surface area contributed by atoms with E-state index in [1.54, 1.807) is 0 Å². The fourth-order valence-corrected chi connectivity index (χ4v) is 20.0. The topological polar surface area (TPSA) is 30.4 Å². The summed E-state index contributed by atoms with van der Waals surface area (Å²) >= 11 is 0. The van der Waals surface area contributed by atoms with E-state index in [0.29, 0.717) is 0 Å². The Kier molecular flexibility index (Phi) is 32.2. The van der Waals surface area contributed by atoms with Gasteiger partial charge in [-0.2, -0.15) is 0 Å². The second-order valence-corrected chi connectivity index (χ2v) is 38.3. The van der Waals surface area contributed by atoms with E-state index < -0.39 is 0 Å². The number of benzene rings is 14. The first-order chi connectivity index (χ1) is 64.9. The van der Waals surface area contributed by atoms with Crippen molar-refractivity contribution in [3.8, 4) is 11.4 Å². The van der Waals surface area contributed by atoms with E-state index in [-0.39, 0.29) is 5.41 Å². The standard InChI is InChI=1S/2C34H38N2.C33H43N.C25H27NO/c1-5-7-9-27-13-17-29(18-14-27)35-31-21-11-26(4)24-34(31)36(32-22-12-25(3)23-33(32)35)30-19-15-28(16-20-30)10-8-6-2;1-5-7-9-27-13-17-29(18-14-27)35-31-21-11-25(3)23-33(31)36(34-24-26(4)12-22-32(34)35)30-19-15-28(16-20-30)10-8-6-2;1-6-9-12-27-15-17-28(18-16-27)34-31-19-13-25(4)23-29(31)33(21-10-7-2,22-11-8-3)30-24-26(5)14-20-32(30)34;1-4-5-6-15-27-21-11-9-20(10-12-21)26-24-13-7-18(2)16-22(24)23-17-19(3)8-14-25(23)26/h2*11-24H,5-10H2,1-4H3;13-20,23-24H,6-12,21-22H2,1-5H3;7-14,16-17H,4-6,15H2,1-3H3. The lowest BCUT2D eigenvalue weighted by molar-refractivity contribution is 0.306. The number of rotatable bonds is 32. The van der Waals surface area contributed by atoms with Crippen LogP contribution in [0.3, 0.4) is 0 Å². The van der Waals surface area contributed by atoms with Gasteiger partial charge in [-0.1, -0.05) is 270 Å². The SMILES string of the molecule is CCCCCOc1ccc(-n2c3ccc(C)cc3c3cc(C)ccc32)cc1.CCCCc1ccc(N2c3ccc(C)cc3C(CCCC)(CCCC)c3cc(C)ccc32)cc1.CCCCc1ccc(N2c3ccc(C)cc3N(c3ccc(CCCC)cc3)c3cc(C)ccc32)cc1.CCCCc1ccc(N2c3ccc(C)cc3N(c3ccc(CCCC)cc3)c3ccc(C)cc32)cc1.